The Hall–Kier alpha value is -1.15. The van der Waals surface area contributed by atoms with Crippen molar-refractivity contribution in [1.29, 1.82) is 5.26 Å². The van der Waals surface area contributed by atoms with Gasteiger partial charge in [0.1, 0.15) is 11.9 Å². The number of rotatable bonds is 5. The maximum atomic E-state index is 13.1. The van der Waals surface area contributed by atoms with Crippen LogP contribution in [0.1, 0.15) is 18.0 Å². The molecular formula is C11H12ClFN2O. The summed E-state index contributed by atoms with van der Waals surface area (Å²) in [6.45, 7) is 0.540. The third kappa shape index (κ3) is 3.78. The molecule has 5 heteroatoms. The van der Waals surface area contributed by atoms with Crippen molar-refractivity contribution in [2.45, 2.75) is 12.5 Å². The summed E-state index contributed by atoms with van der Waals surface area (Å²) in [6.07, 6.45) is 0.543. The van der Waals surface area contributed by atoms with E-state index in [2.05, 4.69) is 5.32 Å². The molecule has 0 bridgehead atoms. The summed E-state index contributed by atoms with van der Waals surface area (Å²) in [4.78, 5) is 0. The lowest BCUT2D eigenvalue weighted by Gasteiger charge is -2.11. The summed E-state index contributed by atoms with van der Waals surface area (Å²) >= 11 is 5.70. The second-order valence-corrected chi connectivity index (χ2v) is 3.73. The van der Waals surface area contributed by atoms with Crippen molar-refractivity contribution in [2.75, 3.05) is 13.2 Å². The molecule has 0 aliphatic carbocycles. The lowest BCUT2D eigenvalue weighted by molar-refractivity contribution is 0.285. The summed E-state index contributed by atoms with van der Waals surface area (Å²) in [5.74, 6) is -0.466. The van der Waals surface area contributed by atoms with Gasteiger partial charge in [0.15, 0.2) is 0 Å². The molecule has 2 N–H and O–H groups in total. The van der Waals surface area contributed by atoms with E-state index >= 15 is 0 Å². The molecule has 0 saturated heterocycles. The number of hydrogen-bond acceptors (Lipinski definition) is 3. The summed E-state index contributed by atoms with van der Waals surface area (Å²) in [5.41, 5.74) is 0.491. The summed E-state index contributed by atoms with van der Waals surface area (Å²) in [5, 5.41) is 20.7. The van der Waals surface area contributed by atoms with Crippen LogP contribution in [0, 0.1) is 17.1 Å². The zero-order valence-electron chi connectivity index (χ0n) is 8.58. The van der Waals surface area contributed by atoms with E-state index in [1.54, 1.807) is 6.07 Å². The fourth-order valence-corrected chi connectivity index (χ4v) is 1.54. The van der Waals surface area contributed by atoms with Crippen LogP contribution in [-0.4, -0.2) is 18.3 Å². The Bertz CT molecular complexity index is 372. The molecule has 0 aromatic heterocycles. The second kappa shape index (κ2) is 6.44. The first-order valence-electron chi connectivity index (χ1n) is 4.87. The van der Waals surface area contributed by atoms with Crippen molar-refractivity contribution in [1.82, 2.24) is 5.32 Å². The van der Waals surface area contributed by atoms with E-state index in [1.165, 1.54) is 12.1 Å². The zero-order valence-corrected chi connectivity index (χ0v) is 9.34. The van der Waals surface area contributed by atoms with Gasteiger partial charge in [0, 0.05) is 11.6 Å². The van der Waals surface area contributed by atoms with Crippen LogP contribution in [0.4, 0.5) is 4.39 Å². The molecule has 1 atom stereocenters. The number of nitrogens with zero attached hydrogens (tertiary/aromatic N) is 1. The van der Waals surface area contributed by atoms with E-state index in [4.69, 9.17) is 22.0 Å². The second-order valence-electron chi connectivity index (χ2n) is 3.30. The molecule has 0 aliphatic rings. The standard InChI is InChI=1S/C11H12ClFN2O/c12-9-4-8(5-10(13)6-9)11(7-14)15-2-1-3-16/h4-6,11,15-16H,1-3H2. The van der Waals surface area contributed by atoms with E-state index < -0.39 is 11.9 Å². The van der Waals surface area contributed by atoms with Crippen LogP contribution in [-0.2, 0) is 0 Å². The highest BCUT2D eigenvalue weighted by molar-refractivity contribution is 6.30. The average Bonchev–Trinajstić information content (AvgIpc) is 2.23. The molecule has 1 aromatic carbocycles. The van der Waals surface area contributed by atoms with Crippen LogP contribution < -0.4 is 5.32 Å². The van der Waals surface area contributed by atoms with Crippen molar-refractivity contribution < 1.29 is 9.50 Å². The first-order chi connectivity index (χ1) is 7.67. The number of benzene rings is 1. The average molecular weight is 243 g/mol. The highest BCUT2D eigenvalue weighted by Crippen LogP contribution is 2.19. The fourth-order valence-electron chi connectivity index (χ4n) is 1.31. The largest absolute Gasteiger partial charge is 0.396 e. The monoisotopic (exact) mass is 242 g/mol. The van der Waals surface area contributed by atoms with Gasteiger partial charge in [-0.2, -0.15) is 5.26 Å². The molecule has 16 heavy (non-hydrogen) atoms. The number of aliphatic hydroxyl groups is 1. The van der Waals surface area contributed by atoms with Gasteiger partial charge in [-0.3, -0.25) is 5.32 Å². The van der Waals surface area contributed by atoms with Crippen LogP contribution in [0.2, 0.25) is 5.02 Å². The Labute approximate surface area is 98.5 Å². The van der Waals surface area contributed by atoms with Crippen LogP contribution in [0.25, 0.3) is 0 Å². The zero-order chi connectivity index (χ0) is 12.0. The number of halogens is 2. The molecule has 0 amide bonds. The van der Waals surface area contributed by atoms with Gasteiger partial charge in [-0.1, -0.05) is 11.6 Å². The third-order valence-electron chi connectivity index (χ3n) is 2.03. The maximum Gasteiger partial charge on any atom is 0.125 e. The number of aliphatic hydroxyl groups excluding tert-OH is 1. The minimum atomic E-state index is -0.611. The van der Waals surface area contributed by atoms with Gasteiger partial charge < -0.3 is 5.11 Å². The topological polar surface area (TPSA) is 56.0 Å². The van der Waals surface area contributed by atoms with E-state index in [0.29, 0.717) is 18.5 Å². The van der Waals surface area contributed by atoms with Crippen molar-refractivity contribution in [3.8, 4) is 6.07 Å². The molecule has 0 radical (unpaired) electrons. The van der Waals surface area contributed by atoms with Gasteiger partial charge in [0.25, 0.3) is 0 Å². The molecule has 1 unspecified atom stereocenters. The SMILES string of the molecule is N#CC(NCCCO)c1cc(F)cc(Cl)c1. The predicted molar refractivity (Wildman–Crippen MR) is 59.5 cm³/mol. The molecule has 86 valence electrons. The van der Waals surface area contributed by atoms with Crippen molar-refractivity contribution in [2.24, 2.45) is 0 Å². The first-order valence-corrected chi connectivity index (χ1v) is 5.25. The minimum absolute atomic E-state index is 0.0507. The molecule has 1 aromatic rings. The van der Waals surface area contributed by atoms with Gasteiger partial charge in [-0.25, -0.2) is 4.39 Å². The van der Waals surface area contributed by atoms with E-state index in [0.717, 1.165) is 0 Å². The molecular weight excluding hydrogens is 231 g/mol. The quantitative estimate of drug-likeness (QED) is 0.777. The van der Waals surface area contributed by atoms with Crippen molar-refractivity contribution in [3.05, 3.63) is 34.6 Å². The summed E-state index contributed by atoms with van der Waals surface area (Å²) < 4.78 is 13.1. The lowest BCUT2D eigenvalue weighted by atomic mass is 10.1. The van der Waals surface area contributed by atoms with Crippen LogP contribution in [0.3, 0.4) is 0 Å². The van der Waals surface area contributed by atoms with Gasteiger partial charge in [-0.15, -0.1) is 0 Å². The Morgan fingerprint density at radius 2 is 2.25 bits per heavy atom. The van der Waals surface area contributed by atoms with Crippen LogP contribution >= 0.6 is 11.6 Å². The normalized spacial score (nSPS) is 12.1. The smallest absolute Gasteiger partial charge is 0.125 e. The Morgan fingerprint density at radius 1 is 1.50 bits per heavy atom. The highest BCUT2D eigenvalue weighted by atomic mass is 35.5. The highest BCUT2D eigenvalue weighted by Gasteiger charge is 2.11. The van der Waals surface area contributed by atoms with Crippen LogP contribution in [0.5, 0.6) is 0 Å². The number of hydrogen-bond donors (Lipinski definition) is 2. The third-order valence-corrected chi connectivity index (χ3v) is 2.25. The molecule has 0 aliphatic heterocycles. The molecule has 0 fully saturated rings. The van der Waals surface area contributed by atoms with Gasteiger partial charge in [0.2, 0.25) is 0 Å². The fraction of sp³-hybridized carbons (Fsp3) is 0.364. The van der Waals surface area contributed by atoms with E-state index in [1.807, 2.05) is 6.07 Å². The van der Waals surface area contributed by atoms with Gasteiger partial charge in [-0.05, 0) is 36.7 Å². The van der Waals surface area contributed by atoms with Gasteiger partial charge in [0.05, 0.1) is 6.07 Å². The Kier molecular flexibility index (Phi) is 5.20. The summed E-state index contributed by atoms with van der Waals surface area (Å²) in [7, 11) is 0. The van der Waals surface area contributed by atoms with Crippen molar-refractivity contribution >= 4 is 11.6 Å². The predicted octanol–water partition coefficient (Wildman–Crippen LogP) is 2.02. The maximum absolute atomic E-state index is 13.1. The molecule has 3 nitrogen and oxygen atoms in total. The summed E-state index contributed by atoms with van der Waals surface area (Å²) in [6, 6.07) is 5.41. The van der Waals surface area contributed by atoms with Crippen molar-refractivity contribution in [3.63, 3.8) is 0 Å². The Morgan fingerprint density at radius 3 is 2.81 bits per heavy atom. The molecule has 1 rings (SSSR count). The Balaban J connectivity index is 2.75. The van der Waals surface area contributed by atoms with E-state index in [-0.39, 0.29) is 11.6 Å². The van der Waals surface area contributed by atoms with Gasteiger partial charge >= 0.3 is 0 Å². The molecule has 0 heterocycles. The molecule has 0 spiro atoms. The van der Waals surface area contributed by atoms with E-state index in [9.17, 15) is 4.39 Å². The lowest BCUT2D eigenvalue weighted by Crippen LogP contribution is -2.21. The first kappa shape index (κ1) is 12.9. The number of nitrogens with one attached hydrogen (secondary N) is 1. The number of nitriles is 1. The van der Waals surface area contributed by atoms with Crippen LogP contribution in [0.15, 0.2) is 18.2 Å². The molecule has 0 saturated carbocycles. The minimum Gasteiger partial charge on any atom is -0.396 e.